The number of ether oxygens (including phenoxy) is 1. The van der Waals surface area contributed by atoms with Crippen molar-refractivity contribution in [1.29, 1.82) is 0 Å². The Morgan fingerprint density at radius 3 is 2.90 bits per heavy atom. The Morgan fingerprint density at radius 2 is 2.15 bits per heavy atom. The second-order valence-corrected chi connectivity index (χ2v) is 5.97. The van der Waals surface area contributed by atoms with Crippen LogP contribution in [0.1, 0.15) is 32.3 Å². The van der Waals surface area contributed by atoms with E-state index in [0.717, 1.165) is 25.1 Å². The summed E-state index contributed by atoms with van der Waals surface area (Å²) in [5.74, 6) is 1.22. The van der Waals surface area contributed by atoms with E-state index in [0.29, 0.717) is 18.9 Å². The number of nitrogens with two attached hydrogens (primary N) is 1. The molecule has 0 radical (unpaired) electrons. The van der Waals surface area contributed by atoms with Gasteiger partial charge in [0.05, 0.1) is 0 Å². The molecule has 110 valence electrons. The SMILES string of the molecule is CC1(C)Oc2ccccc2CC1CCNCCC(N)=O. The third-order valence-corrected chi connectivity index (χ3v) is 4.01. The van der Waals surface area contributed by atoms with Crippen molar-refractivity contribution < 1.29 is 9.53 Å². The fraction of sp³-hybridized carbons (Fsp3) is 0.562. The fourth-order valence-electron chi connectivity index (χ4n) is 2.71. The molecule has 20 heavy (non-hydrogen) atoms. The number of hydrogen-bond acceptors (Lipinski definition) is 3. The van der Waals surface area contributed by atoms with Crippen LogP contribution in [-0.4, -0.2) is 24.6 Å². The van der Waals surface area contributed by atoms with Gasteiger partial charge in [-0.1, -0.05) is 18.2 Å². The first kappa shape index (κ1) is 14.9. The average molecular weight is 276 g/mol. The highest BCUT2D eigenvalue weighted by Gasteiger charge is 2.36. The topological polar surface area (TPSA) is 64.3 Å². The monoisotopic (exact) mass is 276 g/mol. The number of amides is 1. The van der Waals surface area contributed by atoms with E-state index in [1.54, 1.807) is 0 Å². The minimum absolute atomic E-state index is 0.153. The van der Waals surface area contributed by atoms with Gasteiger partial charge in [-0.2, -0.15) is 0 Å². The molecule has 1 heterocycles. The molecule has 0 saturated carbocycles. The molecular formula is C16H24N2O2. The Morgan fingerprint density at radius 1 is 1.40 bits per heavy atom. The third kappa shape index (κ3) is 3.73. The van der Waals surface area contributed by atoms with Gasteiger partial charge in [-0.3, -0.25) is 4.79 Å². The number of hydrogen-bond donors (Lipinski definition) is 2. The maximum absolute atomic E-state index is 10.7. The van der Waals surface area contributed by atoms with Crippen molar-refractivity contribution in [3.63, 3.8) is 0 Å². The minimum atomic E-state index is -0.257. The Hall–Kier alpha value is -1.55. The number of carbonyl (C=O) groups excluding carboxylic acids is 1. The van der Waals surface area contributed by atoms with Crippen molar-refractivity contribution in [3.05, 3.63) is 29.8 Å². The molecular weight excluding hydrogens is 252 g/mol. The van der Waals surface area contributed by atoms with Crippen molar-refractivity contribution in [2.75, 3.05) is 13.1 Å². The van der Waals surface area contributed by atoms with Gasteiger partial charge in [0.1, 0.15) is 11.4 Å². The largest absolute Gasteiger partial charge is 0.487 e. The van der Waals surface area contributed by atoms with Crippen LogP contribution >= 0.6 is 0 Å². The summed E-state index contributed by atoms with van der Waals surface area (Å²) in [7, 11) is 0. The lowest BCUT2D eigenvalue weighted by Crippen LogP contribution is -2.43. The van der Waals surface area contributed by atoms with E-state index in [9.17, 15) is 4.79 Å². The van der Waals surface area contributed by atoms with E-state index >= 15 is 0 Å². The third-order valence-electron chi connectivity index (χ3n) is 4.01. The lowest BCUT2D eigenvalue weighted by molar-refractivity contribution is -0.117. The second-order valence-electron chi connectivity index (χ2n) is 5.97. The molecule has 2 rings (SSSR count). The van der Waals surface area contributed by atoms with Gasteiger partial charge in [0.2, 0.25) is 5.91 Å². The van der Waals surface area contributed by atoms with Gasteiger partial charge in [-0.05, 0) is 44.9 Å². The van der Waals surface area contributed by atoms with Gasteiger partial charge in [-0.15, -0.1) is 0 Å². The molecule has 1 aromatic carbocycles. The molecule has 0 saturated heterocycles. The van der Waals surface area contributed by atoms with Crippen molar-refractivity contribution in [2.45, 2.75) is 38.7 Å². The van der Waals surface area contributed by atoms with Gasteiger partial charge < -0.3 is 15.8 Å². The predicted molar refractivity (Wildman–Crippen MR) is 79.6 cm³/mol. The number of para-hydroxylation sites is 1. The number of rotatable bonds is 6. The molecule has 1 atom stereocenters. The predicted octanol–water partition coefficient (Wildman–Crippen LogP) is 1.87. The summed E-state index contributed by atoms with van der Waals surface area (Å²) >= 11 is 0. The molecule has 0 spiro atoms. The van der Waals surface area contributed by atoms with Crippen LogP contribution < -0.4 is 15.8 Å². The molecule has 3 N–H and O–H groups in total. The zero-order chi connectivity index (χ0) is 14.6. The fourth-order valence-corrected chi connectivity index (χ4v) is 2.71. The van der Waals surface area contributed by atoms with E-state index in [4.69, 9.17) is 10.5 Å². The lowest BCUT2D eigenvalue weighted by atomic mass is 9.80. The Balaban J connectivity index is 1.87. The maximum Gasteiger partial charge on any atom is 0.218 e. The molecule has 1 aliphatic rings. The van der Waals surface area contributed by atoms with Gasteiger partial charge in [-0.25, -0.2) is 0 Å². The van der Waals surface area contributed by atoms with Gasteiger partial charge >= 0.3 is 0 Å². The molecule has 1 aromatic rings. The molecule has 0 fully saturated rings. The molecule has 0 bridgehead atoms. The van der Waals surface area contributed by atoms with Crippen molar-refractivity contribution in [1.82, 2.24) is 5.32 Å². The molecule has 4 nitrogen and oxygen atoms in total. The van der Waals surface area contributed by atoms with Gasteiger partial charge in [0, 0.05) is 18.9 Å². The average Bonchev–Trinajstić information content (AvgIpc) is 2.37. The molecule has 0 aromatic heterocycles. The zero-order valence-corrected chi connectivity index (χ0v) is 12.3. The van der Waals surface area contributed by atoms with E-state index < -0.39 is 0 Å². The van der Waals surface area contributed by atoms with Crippen molar-refractivity contribution in [2.24, 2.45) is 11.7 Å². The Labute approximate surface area is 120 Å². The normalized spacial score (nSPS) is 20.0. The number of carbonyl (C=O) groups is 1. The summed E-state index contributed by atoms with van der Waals surface area (Å²) < 4.78 is 6.13. The van der Waals surface area contributed by atoms with Crippen LogP contribution in [0.25, 0.3) is 0 Å². The molecule has 4 heteroatoms. The summed E-state index contributed by atoms with van der Waals surface area (Å²) in [5.41, 5.74) is 6.25. The van der Waals surface area contributed by atoms with Crippen LogP contribution in [0.5, 0.6) is 5.75 Å². The Bertz CT molecular complexity index is 471. The summed E-state index contributed by atoms with van der Waals surface area (Å²) in [5, 5.41) is 3.27. The summed E-state index contributed by atoms with van der Waals surface area (Å²) in [4.78, 5) is 10.7. The van der Waals surface area contributed by atoms with E-state index in [1.165, 1.54) is 5.56 Å². The maximum atomic E-state index is 10.7. The number of primary amides is 1. The van der Waals surface area contributed by atoms with Gasteiger partial charge in [0.15, 0.2) is 0 Å². The highest BCUT2D eigenvalue weighted by atomic mass is 16.5. The number of nitrogens with one attached hydrogen (secondary N) is 1. The first-order chi connectivity index (χ1) is 9.49. The van der Waals surface area contributed by atoms with Gasteiger partial charge in [0.25, 0.3) is 0 Å². The molecule has 1 aliphatic heterocycles. The van der Waals surface area contributed by atoms with Crippen LogP contribution in [0.4, 0.5) is 0 Å². The zero-order valence-electron chi connectivity index (χ0n) is 12.3. The van der Waals surface area contributed by atoms with Crippen molar-refractivity contribution in [3.8, 4) is 5.75 Å². The minimum Gasteiger partial charge on any atom is -0.487 e. The van der Waals surface area contributed by atoms with Crippen LogP contribution in [0, 0.1) is 5.92 Å². The van der Waals surface area contributed by atoms with Crippen LogP contribution in [-0.2, 0) is 11.2 Å². The second kappa shape index (κ2) is 6.27. The first-order valence-electron chi connectivity index (χ1n) is 7.25. The van der Waals surface area contributed by atoms with Crippen LogP contribution in [0.15, 0.2) is 24.3 Å². The smallest absolute Gasteiger partial charge is 0.218 e. The summed E-state index contributed by atoms with van der Waals surface area (Å²) in [6, 6.07) is 8.25. The highest BCUT2D eigenvalue weighted by molar-refractivity contribution is 5.73. The standard InChI is InChI=1S/C16H24N2O2/c1-16(2)13(7-9-18-10-8-15(17)19)11-12-5-3-4-6-14(12)20-16/h3-6,13,18H,7-11H2,1-2H3,(H2,17,19). The lowest BCUT2D eigenvalue weighted by Gasteiger charge is -2.40. The van der Waals surface area contributed by atoms with Crippen molar-refractivity contribution >= 4 is 5.91 Å². The first-order valence-corrected chi connectivity index (χ1v) is 7.25. The number of fused-ring (bicyclic) bond motifs is 1. The van der Waals surface area contributed by atoms with E-state index in [-0.39, 0.29) is 11.5 Å². The highest BCUT2D eigenvalue weighted by Crippen LogP contribution is 2.38. The molecule has 1 unspecified atom stereocenters. The van der Waals surface area contributed by atoms with E-state index in [2.05, 4.69) is 31.3 Å². The van der Waals surface area contributed by atoms with Crippen LogP contribution in [0.2, 0.25) is 0 Å². The summed E-state index contributed by atoms with van der Waals surface area (Å²) in [6.07, 6.45) is 2.47. The number of benzene rings is 1. The molecule has 1 amide bonds. The molecule has 0 aliphatic carbocycles. The Kier molecular flexibility index (Phi) is 4.65. The summed E-state index contributed by atoms with van der Waals surface area (Å²) in [6.45, 7) is 5.83. The quantitative estimate of drug-likeness (QED) is 0.780. The van der Waals surface area contributed by atoms with Crippen LogP contribution in [0.3, 0.4) is 0 Å². The van der Waals surface area contributed by atoms with E-state index in [1.807, 2.05) is 12.1 Å².